The van der Waals surface area contributed by atoms with Crippen LogP contribution in [-0.4, -0.2) is 49.7 Å². The second-order valence-corrected chi connectivity index (χ2v) is 7.50. The summed E-state index contributed by atoms with van der Waals surface area (Å²) < 4.78 is 24.6. The summed E-state index contributed by atoms with van der Waals surface area (Å²) in [5.41, 5.74) is 0.628. The molecule has 1 rings (SSSR count). The normalized spacial score (nSPS) is 11.7. The van der Waals surface area contributed by atoms with E-state index in [2.05, 4.69) is 5.32 Å². The Bertz CT molecular complexity index is 622. The molecule has 1 amide bonds. The Balaban J connectivity index is 2.77. The van der Waals surface area contributed by atoms with Gasteiger partial charge in [0.25, 0.3) is 0 Å². The summed E-state index contributed by atoms with van der Waals surface area (Å²) in [6.07, 6.45) is 1.45. The molecule has 2 N–H and O–H groups in total. The third-order valence-corrected chi connectivity index (χ3v) is 4.72. The van der Waals surface area contributed by atoms with Crippen LogP contribution < -0.4 is 5.32 Å². The lowest BCUT2D eigenvalue weighted by Gasteiger charge is -2.19. The molecule has 0 radical (unpaired) electrons. The van der Waals surface area contributed by atoms with Gasteiger partial charge in [-0.25, -0.2) is 8.42 Å². The molecular formula is C13H18Cl2N2O4S. The highest BCUT2D eigenvalue weighted by Crippen LogP contribution is 2.23. The van der Waals surface area contributed by atoms with E-state index in [9.17, 15) is 13.2 Å². The van der Waals surface area contributed by atoms with Crippen molar-refractivity contribution in [2.24, 2.45) is 0 Å². The smallest absolute Gasteiger partial charge is 0.235 e. The number of hydrogen-bond donors (Lipinski definition) is 2. The molecule has 0 bridgehead atoms. The Kier molecular flexibility index (Phi) is 7.58. The van der Waals surface area contributed by atoms with Crippen molar-refractivity contribution in [3.05, 3.63) is 33.8 Å². The van der Waals surface area contributed by atoms with Gasteiger partial charge in [0, 0.05) is 19.7 Å². The summed E-state index contributed by atoms with van der Waals surface area (Å²) in [6.45, 7) is -0.0350. The summed E-state index contributed by atoms with van der Waals surface area (Å²) in [6, 6.07) is 4.78. The largest absolute Gasteiger partial charge is 0.396 e. The summed E-state index contributed by atoms with van der Waals surface area (Å²) >= 11 is 11.7. The van der Waals surface area contributed by atoms with Gasteiger partial charge in [0.1, 0.15) is 0 Å². The van der Waals surface area contributed by atoms with Crippen LogP contribution in [0, 0.1) is 0 Å². The van der Waals surface area contributed by atoms with Crippen LogP contribution in [-0.2, 0) is 21.4 Å². The first-order valence-corrected chi connectivity index (χ1v) is 9.11. The van der Waals surface area contributed by atoms with Gasteiger partial charge < -0.3 is 10.4 Å². The van der Waals surface area contributed by atoms with Gasteiger partial charge in [0.2, 0.25) is 15.9 Å². The lowest BCUT2D eigenvalue weighted by molar-refractivity contribution is -0.121. The van der Waals surface area contributed by atoms with Crippen LogP contribution in [0.1, 0.15) is 12.0 Å². The molecule has 0 saturated carbocycles. The Morgan fingerprint density at radius 1 is 1.32 bits per heavy atom. The zero-order chi connectivity index (χ0) is 16.8. The first kappa shape index (κ1) is 19.2. The van der Waals surface area contributed by atoms with E-state index in [-0.39, 0.29) is 19.7 Å². The molecule has 0 saturated heterocycles. The van der Waals surface area contributed by atoms with Crippen molar-refractivity contribution in [1.82, 2.24) is 9.62 Å². The first-order valence-electron chi connectivity index (χ1n) is 6.50. The number of amides is 1. The summed E-state index contributed by atoms with van der Waals surface area (Å²) in [5, 5.41) is 11.9. The van der Waals surface area contributed by atoms with Crippen molar-refractivity contribution in [2.45, 2.75) is 13.0 Å². The van der Waals surface area contributed by atoms with Gasteiger partial charge in [-0.15, -0.1) is 0 Å². The fourth-order valence-electron chi connectivity index (χ4n) is 1.65. The molecule has 0 unspecified atom stereocenters. The van der Waals surface area contributed by atoms with Crippen LogP contribution in [0.15, 0.2) is 18.2 Å². The predicted molar refractivity (Wildman–Crippen MR) is 86.4 cm³/mol. The van der Waals surface area contributed by atoms with Crippen molar-refractivity contribution in [3.8, 4) is 0 Å². The molecule has 0 atom stereocenters. The number of carbonyl (C=O) groups excluding carboxylic acids is 1. The Labute approximate surface area is 140 Å². The first-order chi connectivity index (χ1) is 10.2. The second-order valence-electron chi connectivity index (χ2n) is 4.71. The Morgan fingerprint density at radius 3 is 2.55 bits per heavy atom. The van der Waals surface area contributed by atoms with Crippen LogP contribution in [0.4, 0.5) is 0 Å². The van der Waals surface area contributed by atoms with E-state index in [1.54, 1.807) is 18.2 Å². The highest BCUT2D eigenvalue weighted by molar-refractivity contribution is 7.88. The fraction of sp³-hybridized carbons (Fsp3) is 0.462. The summed E-state index contributed by atoms with van der Waals surface area (Å²) in [5.74, 6) is -0.432. The fourth-order valence-corrected chi connectivity index (χ4v) is 2.71. The van der Waals surface area contributed by atoms with E-state index in [1.165, 1.54) is 0 Å². The van der Waals surface area contributed by atoms with E-state index in [0.717, 1.165) is 10.6 Å². The zero-order valence-corrected chi connectivity index (χ0v) is 14.4. The number of carbonyl (C=O) groups is 1. The van der Waals surface area contributed by atoms with E-state index >= 15 is 0 Å². The molecule has 6 nitrogen and oxygen atoms in total. The van der Waals surface area contributed by atoms with Gasteiger partial charge in [-0.1, -0.05) is 29.3 Å². The minimum Gasteiger partial charge on any atom is -0.396 e. The van der Waals surface area contributed by atoms with Gasteiger partial charge in [-0.2, -0.15) is 4.31 Å². The molecule has 0 aliphatic rings. The molecule has 0 heterocycles. The number of benzene rings is 1. The van der Waals surface area contributed by atoms with Crippen molar-refractivity contribution in [1.29, 1.82) is 0 Å². The second kappa shape index (κ2) is 8.69. The molecule has 0 aliphatic heterocycles. The zero-order valence-electron chi connectivity index (χ0n) is 12.1. The molecule has 0 aliphatic carbocycles. The number of halogens is 2. The summed E-state index contributed by atoms with van der Waals surface area (Å²) in [4.78, 5) is 11.7. The van der Waals surface area contributed by atoms with E-state index in [1.807, 2.05) is 0 Å². The van der Waals surface area contributed by atoms with E-state index < -0.39 is 15.9 Å². The van der Waals surface area contributed by atoms with Crippen molar-refractivity contribution >= 4 is 39.1 Å². The molecular weight excluding hydrogens is 351 g/mol. The van der Waals surface area contributed by atoms with Crippen LogP contribution >= 0.6 is 23.2 Å². The number of aliphatic hydroxyl groups is 1. The quantitative estimate of drug-likeness (QED) is 0.676. The Morgan fingerprint density at radius 2 is 2.00 bits per heavy atom. The van der Waals surface area contributed by atoms with Crippen LogP contribution in [0.2, 0.25) is 10.0 Å². The maximum atomic E-state index is 11.8. The van der Waals surface area contributed by atoms with Crippen LogP contribution in [0.3, 0.4) is 0 Å². The Hall–Kier alpha value is -0.860. The van der Waals surface area contributed by atoms with Crippen LogP contribution in [0.25, 0.3) is 0 Å². The highest BCUT2D eigenvalue weighted by atomic mass is 35.5. The third-order valence-electron chi connectivity index (χ3n) is 2.79. The molecule has 1 aromatic carbocycles. The molecule has 1 aromatic rings. The minimum absolute atomic E-state index is 0.0170. The van der Waals surface area contributed by atoms with Gasteiger partial charge >= 0.3 is 0 Å². The highest BCUT2D eigenvalue weighted by Gasteiger charge is 2.20. The number of aliphatic hydroxyl groups excluding tert-OH is 1. The SMILES string of the molecule is CS(=O)(=O)N(CC(=O)NCCCO)Cc1ccc(Cl)c(Cl)c1. The maximum absolute atomic E-state index is 11.8. The number of rotatable bonds is 8. The van der Waals surface area contributed by atoms with Crippen LogP contribution in [0.5, 0.6) is 0 Å². The lowest BCUT2D eigenvalue weighted by atomic mass is 10.2. The predicted octanol–water partition coefficient (Wildman–Crippen LogP) is 1.25. The standard InChI is InChI=1S/C13H18Cl2N2O4S/c1-22(20,21)17(9-13(19)16-5-2-6-18)8-10-3-4-11(14)12(15)7-10/h3-4,7,18H,2,5-6,8-9H2,1H3,(H,16,19). The van der Waals surface area contributed by atoms with Gasteiger partial charge in [-0.05, 0) is 24.1 Å². The maximum Gasteiger partial charge on any atom is 0.235 e. The number of hydrogen-bond acceptors (Lipinski definition) is 4. The average molecular weight is 369 g/mol. The molecule has 0 fully saturated rings. The molecule has 124 valence electrons. The average Bonchev–Trinajstić information content (AvgIpc) is 2.41. The van der Waals surface area contributed by atoms with E-state index in [4.69, 9.17) is 28.3 Å². The van der Waals surface area contributed by atoms with Crippen molar-refractivity contribution in [2.75, 3.05) is 26.0 Å². The monoisotopic (exact) mass is 368 g/mol. The molecule has 22 heavy (non-hydrogen) atoms. The number of nitrogens with one attached hydrogen (secondary N) is 1. The third kappa shape index (κ3) is 6.50. The van der Waals surface area contributed by atoms with Gasteiger partial charge in [-0.3, -0.25) is 4.79 Å². The molecule has 0 aromatic heterocycles. The van der Waals surface area contributed by atoms with Crippen molar-refractivity contribution in [3.63, 3.8) is 0 Å². The molecule has 9 heteroatoms. The molecule has 0 spiro atoms. The van der Waals surface area contributed by atoms with Gasteiger partial charge in [0.05, 0.1) is 22.8 Å². The number of sulfonamides is 1. The van der Waals surface area contributed by atoms with Gasteiger partial charge in [0.15, 0.2) is 0 Å². The lowest BCUT2D eigenvalue weighted by Crippen LogP contribution is -2.40. The number of nitrogens with zero attached hydrogens (tertiary/aromatic N) is 1. The van der Waals surface area contributed by atoms with Crippen molar-refractivity contribution < 1.29 is 18.3 Å². The minimum atomic E-state index is -3.56. The topological polar surface area (TPSA) is 86.7 Å². The summed E-state index contributed by atoms with van der Waals surface area (Å²) in [7, 11) is -3.56. The van der Waals surface area contributed by atoms with E-state index in [0.29, 0.717) is 28.6 Å².